The summed E-state index contributed by atoms with van der Waals surface area (Å²) in [5.41, 5.74) is 0.829. The van der Waals surface area contributed by atoms with Crippen LogP contribution in [0.4, 0.5) is 0 Å². The minimum absolute atomic E-state index is 0.101. The van der Waals surface area contributed by atoms with Crippen molar-refractivity contribution in [2.75, 3.05) is 13.7 Å². The number of carbonyl (C=O) groups excluding carboxylic acids is 2. The van der Waals surface area contributed by atoms with Gasteiger partial charge in [-0.2, -0.15) is 0 Å². The van der Waals surface area contributed by atoms with Gasteiger partial charge in [0.05, 0.1) is 25.3 Å². The number of rotatable bonds is 3. The van der Waals surface area contributed by atoms with Gasteiger partial charge in [0.1, 0.15) is 5.82 Å². The molecule has 1 aliphatic heterocycles. The van der Waals surface area contributed by atoms with Crippen molar-refractivity contribution in [3.63, 3.8) is 0 Å². The van der Waals surface area contributed by atoms with E-state index in [9.17, 15) is 9.59 Å². The third-order valence-electron chi connectivity index (χ3n) is 4.38. The molecular weight excluding hydrogens is 320 g/mol. The number of ether oxygens (including phenoxy) is 1. The Balaban J connectivity index is 1.86. The lowest BCUT2D eigenvalue weighted by atomic mass is 10.1. The number of amides is 1. The molecule has 7 heteroatoms. The van der Waals surface area contributed by atoms with E-state index in [0.717, 1.165) is 11.6 Å². The Bertz CT molecular complexity index is 812. The number of hydrogen-bond donors (Lipinski definition) is 0. The minimum atomic E-state index is -0.456. The van der Waals surface area contributed by atoms with Crippen LogP contribution in [0.3, 0.4) is 0 Å². The smallest absolute Gasteiger partial charge is 0.337 e. The Morgan fingerprint density at radius 2 is 1.96 bits per heavy atom. The van der Waals surface area contributed by atoms with Crippen LogP contribution in [0.5, 0.6) is 0 Å². The van der Waals surface area contributed by atoms with Gasteiger partial charge in [-0.15, -0.1) is 10.2 Å². The summed E-state index contributed by atoms with van der Waals surface area (Å²) in [6, 6.07) is 6.69. The van der Waals surface area contributed by atoms with E-state index in [1.807, 2.05) is 0 Å². The first-order valence-electron chi connectivity index (χ1n) is 8.33. The molecule has 1 atom stereocenters. The second-order valence-corrected chi connectivity index (χ2v) is 6.61. The predicted octanol–water partition coefficient (Wildman–Crippen LogP) is 2.41. The van der Waals surface area contributed by atoms with Crippen molar-refractivity contribution in [3.05, 3.63) is 47.0 Å². The standard InChI is InChI=1S/C18H22N4O3/c1-11(2)16-20-19-15-10-21(9-12(3)22(15)16)17(23)13-6-5-7-14(8-13)18(24)25-4/h5-8,11-12H,9-10H2,1-4H3/t12-/m0/s1. The minimum Gasteiger partial charge on any atom is -0.465 e. The third kappa shape index (κ3) is 3.14. The van der Waals surface area contributed by atoms with Gasteiger partial charge >= 0.3 is 5.97 Å². The topological polar surface area (TPSA) is 77.3 Å². The number of methoxy groups -OCH3 is 1. The van der Waals surface area contributed by atoms with Crippen LogP contribution in [0.2, 0.25) is 0 Å². The van der Waals surface area contributed by atoms with Gasteiger partial charge in [0.2, 0.25) is 0 Å². The zero-order valence-electron chi connectivity index (χ0n) is 14.9. The first-order valence-corrected chi connectivity index (χ1v) is 8.33. The highest BCUT2D eigenvalue weighted by Crippen LogP contribution is 2.26. The molecule has 0 spiro atoms. The van der Waals surface area contributed by atoms with E-state index in [0.29, 0.717) is 24.2 Å². The Labute approximate surface area is 146 Å². The summed E-state index contributed by atoms with van der Waals surface area (Å²) in [5, 5.41) is 8.54. The monoisotopic (exact) mass is 342 g/mol. The van der Waals surface area contributed by atoms with Crippen molar-refractivity contribution in [1.29, 1.82) is 0 Å². The normalized spacial score (nSPS) is 16.7. The molecule has 1 amide bonds. The highest BCUT2D eigenvalue weighted by atomic mass is 16.5. The Morgan fingerprint density at radius 3 is 2.64 bits per heavy atom. The quantitative estimate of drug-likeness (QED) is 0.801. The number of hydrogen-bond acceptors (Lipinski definition) is 5. The molecular formula is C18H22N4O3. The van der Waals surface area contributed by atoms with Gasteiger partial charge < -0.3 is 14.2 Å². The Morgan fingerprint density at radius 1 is 1.24 bits per heavy atom. The van der Waals surface area contributed by atoms with Crippen molar-refractivity contribution in [2.24, 2.45) is 0 Å². The molecule has 2 aromatic rings. The lowest BCUT2D eigenvalue weighted by molar-refractivity contribution is 0.0600. The molecule has 0 aliphatic carbocycles. The van der Waals surface area contributed by atoms with Crippen LogP contribution in [-0.4, -0.2) is 45.2 Å². The number of benzene rings is 1. The number of fused-ring (bicyclic) bond motifs is 1. The van der Waals surface area contributed by atoms with E-state index in [1.165, 1.54) is 7.11 Å². The molecule has 1 aliphatic rings. The lowest BCUT2D eigenvalue weighted by Gasteiger charge is -2.33. The number of aromatic nitrogens is 3. The Hall–Kier alpha value is -2.70. The predicted molar refractivity (Wildman–Crippen MR) is 91.3 cm³/mol. The van der Waals surface area contributed by atoms with E-state index in [2.05, 4.69) is 35.5 Å². The van der Waals surface area contributed by atoms with Gasteiger partial charge in [0.25, 0.3) is 5.91 Å². The van der Waals surface area contributed by atoms with Gasteiger partial charge in [-0.05, 0) is 25.1 Å². The van der Waals surface area contributed by atoms with E-state index < -0.39 is 5.97 Å². The Kier molecular flexibility index (Phi) is 4.57. The summed E-state index contributed by atoms with van der Waals surface area (Å²) < 4.78 is 6.84. The molecule has 7 nitrogen and oxygen atoms in total. The first kappa shape index (κ1) is 17.1. The van der Waals surface area contributed by atoms with Crippen LogP contribution in [0.15, 0.2) is 24.3 Å². The summed E-state index contributed by atoms with van der Waals surface area (Å²) in [5.74, 6) is 1.44. The second-order valence-electron chi connectivity index (χ2n) is 6.61. The molecule has 132 valence electrons. The van der Waals surface area contributed by atoms with Crippen molar-refractivity contribution in [2.45, 2.75) is 39.3 Å². The average molecular weight is 342 g/mol. The summed E-state index contributed by atoms with van der Waals surface area (Å²) in [6.07, 6.45) is 0. The number of esters is 1. The summed E-state index contributed by atoms with van der Waals surface area (Å²) in [7, 11) is 1.32. The van der Waals surface area contributed by atoms with Crippen molar-refractivity contribution >= 4 is 11.9 Å². The molecule has 2 heterocycles. The lowest BCUT2D eigenvalue weighted by Crippen LogP contribution is -2.41. The highest BCUT2D eigenvalue weighted by Gasteiger charge is 2.30. The molecule has 0 saturated carbocycles. The molecule has 1 aromatic heterocycles. The van der Waals surface area contributed by atoms with Gasteiger partial charge in [0, 0.05) is 18.0 Å². The molecule has 0 bridgehead atoms. The van der Waals surface area contributed by atoms with Crippen LogP contribution in [0.1, 0.15) is 65.1 Å². The fourth-order valence-electron chi connectivity index (χ4n) is 3.19. The SMILES string of the molecule is COC(=O)c1cccc(C(=O)N2Cc3nnc(C(C)C)n3[C@@H](C)C2)c1. The van der Waals surface area contributed by atoms with Crippen molar-refractivity contribution in [3.8, 4) is 0 Å². The maximum atomic E-state index is 12.9. The summed E-state index contributed by atoms with van der Waals surface area (Å²) >= 11 is 0. The van der Waals surface area contributed by atoms with E-state index >= 15 is 0 Å². The molecule has 0 radical (unpaired) electrons. The number of carbonyl (C=O) groups is 2. The zero-order valence-corrected chi connectivity index (χ0v) is 14.9. The molecule has 25 heavy (non-hydrogen) atoms. The summed E-state index contributed by atoms with van der Waals surface area (Å²) in [4.78, 5) is 26.3. The average Bonchev–Trinajstić information content (AvgIpc) is 3.05. The number of nitrogens with zero attached hydrogens (tertiary/aromatic N) is 4. The van der Waals surface area contributed by atoms with Crippen LogP contribution in [0.25, 0.3) is 0 Å². The molecule has 0 saturated heterocycles. The van der Waals surface area contributed by atoms with Gasteiger partial charge in [-0.3, -0.25) is 4.79 Å². The third-order valence-corrected chi connectivity index (χ3v) is 4.38. The molecule has 1 aromatic carbocycles. The van der Waals surface area contributed by atoms with E-state index in [1.54, 1.807) is 29.2 Å². The fraction of sp³-hybridized carbons (Fsp3) is 0.444. The molecule has 3 rings (SSSR count). The van der Waals surface area contributed by atoms with Crippen LogP contribution in [-0.2, 0) is 11.3 Å². The van der Waals surface area contributed by atoms with Gasteiger partial charge in [-0.25, -0.2) is 4.79 Å². The fourth-order valence-corrected chi connectivity index (χ4v) is 3.19. The maximum absolute atomic E-state index is 12.9. The van der Waals surface area contributed by atoms with E-state index in [4.69, 9.17) is 4.74 Å². The molecule has 0 unspecified atom stereocenters. The molecule has 0 fully saturated rings. The van der Waals surface area contributed by atoms with Gasteiger partial charge in [0.15, 0.2) is 5.82 Å². The largest absolute Gasteiger partial charge is 0.465 e. The first-order chi connectivity index (χ1) is 11.9. The van der Waals surface area contributed by atoms with Crippen molar-refractivity contribution in [1.82, 2.24) is 19.7 Å². The summed E-state index contributed by atoms with van der Waals surface area (Å²) in [6.45, 7) is 7.21. The zero-order chi connectivity index (χ0) is 18.1. The second kappa shape index (κ2) is 6.66. The highest BCUT2D eigenvalue weighted by molar-refractivity contribution is 5.97. The van der Waals surface area contributed by atoms with Crippen LogP contribution >= 0.6 is 0 Å². The maximum Gasteiger partial charge on any atom is 0.337 e. The van der Waals surface area contributed by atoms with Gasteiger partial charge in [-0.1, -0.05) is 19.9 Å². The van der Waals surface area contributed by atoms with Crippen LogP contribution < -0.4 is 0 Å². The molecule has 0 N–H and O–H groups in total. The van der Waals surface area contributed by atoms with E-state index in [-0.39, 0.29) is 17.9 Å². The van der Waals surface area contributed by atoms with Crippen LogP contribution in [0, 0.1) is 0 Å². The van der Waals surface area contributed by atoms with Crippen molar-refractivity contribution < 1.29 is 14.3 Å².